The fraction of sp³-hybridized carbons (Fsp3) is 0.513. The second-order valence-electron chi connectivity index (χ2n) is 44.1. The molecule has 8 aromatic carbocycles. The number of aromatic nitrogens is 8. The van der Waals surface area contributed by atoms with Gasteiger partial charge in [0.2, 0.25) is 23.8 Å². The number of nitrogens with zero attached hydrogens (tertiary/aromatic N) is 21. The van der Waals surface area contributed by atoms with Crippen LogP contribution in [-0.2, 0) is 34.9 Å². The molecule has 0 amide bonds. The maximum absolute atomic E-state index is 14.3. The number of benzene rings is 8. The summed E-state index contributed by atoms with van der Waals surface area (Å²) in [6, 6.07) is 54.5. The summed E-state index contributed by atoms with van der Waals surface area (Å²) in [7, 11) is 10.7. The van der Waals surface area contributed by atoms with E-state index >= 15 is 0 Å². The summed E-state index contributed by atoms with van der Waals surface area (Å²) in [5, 5.41) is 38.3. The Labute approximate surface area is 889 Å². The van der Waals surface area contributed by atoms with Crippen LogP contribution in [-0.4, -0.2) is 288 Å². The van der Waals surface area contributed by atoms with Crippen LogP contribution in [0.4, 0.5) is 50.1 Å². The average molecular weight is 2110 g/mol. The van der Waals surface area contributed by atoms with E-state index in [-0.39, 0.29) is 56.2 Å². The fourth-order valence-corrected chi connectivity index (χ4v) is 27.4. The first-order valence-corrected chi connectivity index (χ1v) is 54.5. The van der Waals surface area contributed by atoms with Gasteiger partial charge in [0.25, 0.3) is 0 Å². The number of likely N-dealkylation sites (N-methyl/N-ethyl adjacent to an activating group) is 4. The lowest BCUT2D eigenvalue weighted by Gasteiger charge is -2.34. The molecule has 8 saturated carbocycles. The van der Waals surface area contributed by atoms with Crippen molar-refractivity contribution >= 4 is 114 Å². The topological polar surface area (TPSA) is 238 Å². The lowest BCUT2D eigenvalue weighted by atomic mass is 9.92. The van der Waals surface area contributed by atoms with E-state index in [0.717, 1.165) is 297 Å². The predicted octanol–water partition coefficient (Wildman–Crippen LogP) is 20.7. The number of alkyl halides is 3. The number of anilines is 4. The molecule has 24 nitrogen and oxygen atoms in total. The number of piperazine rings is 4. The smallest absolute Gasteiger partial charge is 0.339 e. The van der Waals surface area contributed by atoms with Gasteiger partial charge in [-0.25, -0.2) is 33.1 Å². The highest BCUT2D eigenvalue weighted by atomic mass is 35.5. The highest BCUT2D eigenvalue weighted by Crippen LogP contribution is 2.69. The minimum absolute atomic E-state index is 0. The van der Waals surface area contributed by atoms with Gasteiger partial charge in [0.1, 0.15) is 17.5 Å². The van der Waals surface area contributed by atoms with Gasteiger partial charge in [-0.1, -0.05) is 102 Å². The summed E-state index contributed by atoms with van der Waals surface area (Å²) in [5.41, 5.74) is 12.5. The first-order valence-electron chi connectivity index (χ1n) is 53.0. The monoisotopic (exact) mass is 2100 g/mol. The molecule has 24 rings (SSSR count). The van der Waals surface area contributed by atoms with E-state index in [0.29, 0.717) is 86.5 Å². The van der Waals surface area contributed by atoms with Crippen molar-refractivity contribution in [3.8, 4) is 24.3 Å². The molecule has 4 aliphatic heterocycles. The van der Waals surface area contributed by atoms with Crippen molar-refractivity contribution in [2.24, 2.45) is 30.7 Å². The molecule has 34 heteroatoms. The van der Waals surface area contributed by atoms with Crippen LogP contribution in [0.15, 0.2) is 146 Å². The van der Waals surface area contributed by atoms with E-state index in [1.54, 1.807) is 12.1 Å². The first-order chi connectivity index (χ1) is 71.5. The minimum atomic E-state index is -4.77. The van der Waals surface area contributed by atoms with Crippen molar-refractivity contribution in [2.45, 2.75) is 162 Å². The summed E-state index contributed by atoms with van der Waals surface area (Å²) in [6.45, 7) is 25.4. The summed E-state index contributed by atoms with van der Waals surface area (Å²) < 4.78 is 84.9. The van der Waals surface area contributed by atoms with Crippen molar-refractivity contribution in [3.05, 3.63) is 233 Å². The van der Waals surface area contributed by atoms with Gasteiger partial charge in [-0.05, 0) is 282 Å². The van der Waals surface area contributed by atoms with Crippen LogP contribution < -0.4 is 19.6 Å². The number of hydrogen-bond acceptors (Lipinski definition) is 20. The highest BCUT2D eigenvalue weighted by Gasteiger charge is 2.67. The van der Waals surface area contributed by atoms with Gasteiger partial charge in [-0.3, -0.25) is 0 Å². The molecular formula is C115H134Cl4F6N24. The normalized spacial score (nSPS) is 25.7. The lowest BCUT2D eigenvalue weighted by molar-refractivity contribution is -0.139. The Morgan fingerprint density at radius 1 is 0.356 bits per heavy atom. The molecule has 12 fully saturated rings. The van der Waals surface area contributed by atoms with E-state index in [1.807, 2.05) is 72.3 Å². The van der Waals surface area contributed by atoms with Crippen LogP contribution in [0, 0.1) is 86.4 Å². The molecule has 784 valence electrons. The SMILES string of the molecule is C.CN1CCN(CCCN(c2nc3cc(Cl)c(Cl)cc3[nH]2)[C@@H]2CC[C@]3(c4ccc(C#N)cc4)CC23)CC1.CN1CCN(CCCN(c2nc3cc(Cl)c(F)cc3[nH]2)[C@@H]2CC[C@]3(c4ccc(C#N)cc4)CC23)CC1.CN1CCN(CCCN(c2nc3cc(Cl)c(F)cc3n2C)[C@@H]2CC[C@]3(c4cccc(C#N)c4)CC23)CC1.CN1CCN(CCCN(c2nc3cc(F)c(C(F)(F)F)cc3[nH]2)[C@@H]2CC[C@]3(c4ccc(C#N)cc4)CC23)CC1. The zero-order chi connectivity index (χ0) is 103. The maximum atomic E-state index is 14.3. The molecule has 0 bridgehead atoms. The van der Waals surface area contributed by atoms with Gasteiger partial charge in [0.15, 0.2) is 0 Å². The Morgan fingerprint density at radius 3 is 1.05 bits per heavy atom. The predicted molar refractivity (Wildman–Crippen MR) is 580 cm³/mol. The molecule has 0 spiro atoms. The zero-order valence-corrected chi connectivity index (χ0v) is 88.0. The molecule has 0 radical (unpaired) electrons. The quantitative estimate of drug-likeness (QED) is 0.0386. The van der Waals surface area contributed by atoms with E-state index in [2.05, 4.69) is 180 Å². The van der Waals surface area contributed by atoms with Gasteiger partial charge < -0.3 is 78.3 Å². The van der Waals surface area contributed by atoms with E-state index < -0.39 is 29.2 Å². The van der Waals surface area contributed by atoms with Crippen molar-refractivity contribution in [1.82, 2.24) is 78.7 Å². The Morgan fingerprint density at radius 2 is 0.678 bits per heavy atom. The number of nitrogens with one attached hydrogen (secondary N) is 3. The van der Waals surface area contributed by atoms with Gasteiger partial charge in [-0.2, -0.15) is 34.2 Å². The molecule has 8 heterocycles. The molecule has 149 heavy (non-hydrogen) atoms. The number of aromatic amines is 3. The molecule has 3 N–H and O–H groups in total. The Hall–Kier alpha value is -10.8. The number of hydrogen-bond donors (Lipinski definition) is 3. The molecule has 12 aromatic rings. The summed E-state index contributed by atoms with van der Waals surface area (Å²) in [4.78, 5) is 58.8. The molecule has 4 unspecified atom stereocenters. The molecule has 12 aliphatic rings. The molecule has 8 aliphatic carbocycles. The van der Waals surface area contributed by atoms with Crippen molar-refractivity contribution in [3.63, 3.8) is 0 Å². The largest absolute Gasteiger partial charge is 0.419 e. The summed E-state index contributed by atoms with van der Waals surface area (Å²) in [5.74, 6) is 3.09. The Kier molecular flexibility index (Phi) is 30.9. The third-order valence-electron chi connectivity index (χ3n) is 35.6. The van der Waals surface area contributed by atoms with E-state index in [1.165, 1.54) is 53.6 Å². The Balaban J connectivity index is 0.000000120. The second kappa shape index (κ2) is 43.8. The number of rotatable bonds is 28. The van der Waals surface area contributed by atoms with Crippen LogP contribution in [0.2, 0.25) is 20.1 Å². The lowest BCUT2D eigenvalue weighted by Crippen LogP contribution is -2.45. The van der Waals surface area contributed by atoms with Crippen molar-refractivity contribution in [1.29, 1.82) is 21.0 Å². The molecule has 4 saturated heterocycles. The van der Waals surface area contributed by atoms with Crippen LogP contribution in [0.1, 0.15) is 160 Å². The van der Waals surface area contributed by atoms with Crippen molar-refractivity contribution < 1.29 is 26.3 Å². The number of aryl methyl sites for hydroxylation is 1. The van der Waals surface area contributed by atoms with E-state index in [9.17, 15) is 47.4 Å². The number of imidazole rings is 4. The fourth-order valence-electron chi connectivity index (χ4n) is 26.8. The van der Waals surface area contributed by atoms with Gasteiger partial charge in [0, 0.05) is 202 Å². The van der Waals surface area contributed by atoms with E-state index in [4.69, 9.17) is 61.4 Å². The summed E-state index contributed by atoms with van der Waals surface area (Å²) in [6.07, 6.45) is 12.6. The number of H-pyrrole nitrogens is 3. The summed E-state index contributed by atoms with van der Waals surface area (Å²) >= 11 is 24.7. The van der Waals surface area contributed by atoms with Gasteiger partial charge in [0.05, 0.1) is 116 Å². The Bertz CT molecular complexity index is 6700. The second-order valence-corrected chi connectivity index (χ2v) is 45.8. The molecule has 12 atom stereocenters. The number of halogens is 10. The van der Waals surface area contributed by atoms with Crippen LogP contribution in [0.25, 0.3) is 44.1 Å². The third kappa shape index (κ3) is 21.8. The zero-order valence-electron chi connectivity index (χ0n) is 84.9. The van der Waals surface area contributed by atoms with Gasteiger partial charge in [-0.15, -0.1) is 0 Å². The molecular weight excluding hydrogens is 1970 g/mol. The van der Waals surface area contributed by atoms with Crippen LogP contribution in [0.3, 0.4) is 0 Å². The maximum Gasteiger partial charge on any atom is 0.419 e. The number of nitriles is 4. The highest BCUT2D eigenvalue weighted by molar-refractivity contribution is 6.42. The van der Waals surface area contributed by atoms with Crippen LogP contribution >= 0.6 is 46.4 Å². The van der Waals surface area contributed by atoms with Crippen LogP contribution in [0.5, 0.6) is 0 Å². The standard InChI is InChI=1S/C29H34ClFN6.C29H32F4N6.C28H32Cl2N6.C28H32ClFN6.CH4/c1-34-11-13-36(14-12-34)9-4-10-37(28-33-25-16-23(30)24(31)17-27(25)35(28)2)26-7-8-29(18-22(26)29)21-6-3-5-20(15-21)19-32;1-37-11-13-38(14-12-37)9-2-10-39(27-35-24-15-21(29(31,32)33)23(30)16-25(24)36-27)26-7-8-28(17-22(26)28)20-5-3-19(18-34)4-6-20;2*1-34-11-13-35(14-12-34)9-2-10-36(27-32-24-15-22(29)23(30)16-25(24)33-27)26-7-8-28(17-21(26)28)20-5-3-19(18-31)4-6-20;/h3,5-6,15-17,22,26H,4,7-14,18H2,1-2H3;3-6,15-16,22,26H,2,7-14,17H2,1H3,(H,35,36);2*3-6,15-16,21,26H,2,7-14,17H2,1H3,(H,32,33);1H4/t22?,26-,29-;22?,26-,28-;2*21?,26-,28-;/m1111./s1. The van der Waals surface area contributed by atoms with Crippen molar-refractivity contribution in [2.75, 3.05) is 205 Å². The number of fused-ring (bicyclic) bond motifs is 8. The first kappa shape index (κ1) is 105. The minimum Gasteiger partial charge on any atom is -0.339 e. The third-order valence-corrected chi connectivity index (χ3v) is 36.9. The van der Waals surface area contributed by atoms with Gasteiger partial charge >= 0.3 is 6.18 Å². The molecule has 4 aromatic heterocycles. The average Bonchev–Trinajstić information content (AvgIpc) is 1.56.